The number of allylic oxidation sites excluding steroid dienone is 2. The van der Waals surface area contributed by atoms with Crippen molar-refractivity contribution >= 4 is 11.4 Å². The van der Waals surface area contributed by atoms with E-state index in [0.717, 1.165) is 46.3 Å². The van der Waals surface area contributed by atoms with Crippen molar-refractivity contribution in [2.45, 2.75) is 74.7 Å². The molecule has 1 atom stereocenters. The summed E-state index contributed by atoms with van der Waals surface area (Å²) in [5.74, 6) is 1.72. The van der Waals surface area contributed by atoms with Crippen molar-refractivity contribution in [3.05, 3.63) is 41.0 Å². The van der Waals surface area contributed by atoms with E-state index < -0.39 is 0 Å². The maximum absolute atomic E-state index is 4.94. The number of hydrogen-bond acceptors (Lipinski definition) is 4. The van der Waals surface area contributed by atoms with E-state index in [1.165, 1.54) is 5.57 Å². The SMILES string of the molecule is C/C=C(\c1nc(C)c(-c2ccc(C(C)C)nc2NC)nc1C)C(C)CC.CC. The van der Waals surface area contributed by atoms with Gasteiger partial charge in [0.25, 0.3) is 0 Å². The second kappa shape index (κ2) is 10.9. The fourth-order valence-electron chi connectivity index (χ4n) is 3.18. The van der Waals surface area contributed by atoms with E-state index in [9.17, 15) is 0 Å². The summed E-state index contributed by atoms with van der Waals surface area (Å²) in [7, 11) is 1.90. The van der Waals surface area contributed by atoms with Crippen LogP contribution in [0.2, 0.25) is 0 Å². The molecular formula is C24H38N4. The fourth-order valence-corrected chi connectivity index (χ4v) is 3.18. The lowest BCUT2D eigenvalue weighted by molar-refractivity contribution is 0.711. The van der Waals surface area contributed by atoms with E-state index >= 15 is 0 Å². The van der Waals surface area contributed by atoms with Gasteiger partial charge in [-0.1, -0.05) is 47.6 Å². The standard InChI is InChI=1S/C22H32N4.C2H6/c1-9-14(5)17(10-2)20-15(6)25-21(16(7)24-20)18-11-12-19(13(3)4)26-22(18)23-8;1-2/h10-14H,9H2,1-8H3,(H,23,26);1-2H3/b17-10-;. The van der Waals surface area contributed by atoms with Gasteiger partial charge in [-0.2, -0.15) is 0 Å². The molecule has 0 aliphatic rings. The third-order valence-corrected chi connectivity index (χ3v) is 4.97. The predicted octanol–water partition coefficient (Wildman–Crippen LogP) is 6.80. The highest BCUT2D eigenvalue weighted by Crippen LogP contribution is 2.32. The van der Waals surface area contributed by atoms with Gasteiger partial charge in [0.2, 0.25) is 0 Å². The van der Waals surface area contributed by atoms with Crippen LogP contribution in [0.5, 0.6) is 0 Å². The Labute approximate surface area is 171 Å². The summed E-state index contributed by atoms with van der Waals surface area (Å²) < 4.78 is 0. The Morgan fingerprint density at radius 1 is 1.04 bits per heavy atom. The lowest BCUT2D eigenvalue weighted by Gasteiger charge is -2.18. The summed E-state index contributed by atoms with van der Waals surface area (Å²) in [4.78, 5) is 14.6. The predicted molar refractivity (Wildman–Crippen MR) is 123 cm³/mol. The number of hydrogen-bond donors (Lipinski definition) is 1. The Morgan fingerprint density at radius 3 is 2.18 bits per heavy atom. The van der Waals surface area contributed by atoms with Gasteiger partial charge in [-0.05, 0) is 56.7 Å². The van der Waals surface area contributed by atoms with Crippen LogP contribution in [-0.4, -0.2) is 22.0 Å². The summed E-state index contributed by atoms with van der Waals surface area (Å²) >= 11 is 0. The summed E-state index contributed by atoms with van der Waals surface area (Å²) in [5, 5.41) is 3.22. The van der Waals surface area contributed by atoms with Gasteiger partial charge in [-0.15, -0.1) is 0 Å². The van der Waals surface area contributed by atoms with Crippen molar-refractivity contribution in [2.24, 2.45) is 5.92 Å². The van der Waals surface area contributed by atoms with E-state index in [1.807, 2.05) is 34.7 Å². The van der Waals surface area contributed by atoms with Crippen LogP contribution in [0.4, 0.5) is 5.82 Å². The minimum atomic E-state index is 0.389. The van der Waals surface area contributed by atoms with E-state index in [2.05, 4.69) is 58.1 Å². The average molecular weight is 383 g/mol. The first-order valence-electron chi connectivity index (χ1n) is 10.5. The minimum Gasteiger partial charge on any atom is -0.373 e. The van der Waals surface area contributed by atoms with Crippen LogP contribution in [0.1, 0.15) is 83.6 Å². The van der Waals surface area contributed by atoms with Gasteiger partial charge in [0.1, 0.15) is 5.82 Å². The lowest BCUT2D eigenvalue weighted by Crippen LogP contribution is -2.08. The van der Waals surface area contributed by atoms with Crippen LogP contribution >= 0.6 is 0 Å². The molecule has 0 saturated carbocycles. The zero-order valence-corrected chi connectivity index (χ0v) is 19.4. The molecule has 1 N–H and O–H groups in total. The van der Waals surface area contributed by atoms with Crippen molar-refractivity contribution in [1.82, 2.24) is 15.0 Å². The van der Waals surface area contributed by atoms with Gasteiger partial charge >= 0.3 is 0 Å². The van der Waals surface area contributed by atoms with E-state index in [1.54, 1.807) is 0 Å². The summed E-state index contributed by atoms with van der Waals surface area (Å²) in [6.45, 7) is 18.9. The normalized spacial score (nSPS) is 12.5. The first-order valence-corrected chi connectivity index (χ1v) is 10.5. The van der Waals surface area contributed by atoms with Gasteiger partial charge in [0, 0.05) is 18.3 Å². The Kier molecular flexibility index (Phi) is 9.30. The average Bonchev–Trinajstić information content (AvgIpc) is 2.71. The molecule has 0 aliphatic carbocycles. The molecule has 2 aromatic heterocycles. The van der Waals surface area contributed by atoms with Gasteiger partial charge < -0.3 is 5.32 Å². The Bertz CT molecular complexity index is 806. The molecule has 28 heavy (non-hydrogen) atoms. The zero-order valence-electron chi connectivity index (χ0n) is 19.4. The second-order valence-electron chi connectivity index (χ2n) is 7.18. The molecule has 2 rings (SSSR count). The Balaban J connectivity index is 0.00000190. The third kappa shape index (κ3) is 5.18. The first-order chi connectivity index (χ1) is 13.3. The number of aryl methyl sites for hydroxylation is 2. The van der Waals surface area contributed by atoms with Crippen molar-refractivity contribution in [3.63, 3.8) is 0 Å². The summed E-state index contributed by atoms with van der Waals surface area (Å²) in [5.41, 5.74) is 7.16. The van der Waals surface area contributed by atoms with Crippen molar-refractivity contribution in [2.75, 3.05) is 12.4 Å². The number of nitrogens with zero attached hydrogens (tertiary/aromatic N) is 3. The van der Waals surface area contributed by atoms with Crippen LogP contribution in [-0.2, 0) is 0 Å². The van der Waals surface area contributed by atoms with Gasteiger partial charge in [-0.25, -0.2) is 15.0 Å². The molecule has 154 valence electrons. The summed E-state index contributed by atoms with van der Waals surface area (Å²) in [6.07, 6.45) is 3.26. The monoisotopic (exact) mass is 382 g/mol. The van der Waals surface area contributed by atoms with Gasteiger partial charge in [-0.3, -0.25) is 0 Å². The van der Waals surface area contributed by atoms with E-state index in [4.69, 9.17) is 15.0 Å². The maximum Gasteiger partial charge on any atom is 0.135 e. The van der Waals surface area contributed by atoms with Crippen LogP contribution in [0, 0.1) is 19.8 Å². The highest BCUT2D eigenvalue weighted by Gasteiger charge is 2.18. The molecule has 4 heteroatoms. The molecule has 0 aliphatic heterocycles. The third-order valence-electron chi connectivity index (χ3n) is 4.97. The van der Waals surface area contributed by atoms with Gasteiger partial charge in [0.05, 0.1) is 22.8 Å². The quantitative estimate of drug-likeness (QED) is 0.597. The Morgan fingerprint density at radius 2 is 1.68 bits per heavy atom. The lowest BCUT2D eigenvalue weighted by atomic mass is 9.94. The van der Waals surface area contributed by atoms with E-state index in [0.29, 0.717) is 11.8 Å². The molecular weight excluding hydrogens is 344 g/mol. The van der Waals surface area contributed by atoms with Crippen molar-refractivity contribution in [3.8, 4) is 11.3 Å². The molecule has 2 heterocycles. The molecule has 0 spiro atoms. The molecule has 4 nitrogen and oxygen atoms in total. The maximum atomic E-state index is 4.94. The molecule has 0 aromatic carbocycles. The largest absolute Gasteiger partial charge is 0.373 e. The number of anilines is 1. The van der Waals surface area contributed by atoms with Crippen LogP contribution in [0.15, 0.2) is 18.2 Å². The molecule has 0 fully saturated rings. The number of nitrogens with one attached hydrogen (secondary N) is 1. The zero-order chi connectivity index (χ0) is 21.4. The second-order valence-corrected chi connectivity index (χ2v) is 7.18. The number of pyridine rings is 1. The highest BCUT2D eigenvalue weighted by atomic mass is 15.0. The molecule has 0 radical (unpaired) electrons. The van der Waals surface area contributed by atoms with Gasteiger partial charge in [0.15, 0.2) is 0 Å². The smallest absolute Gasteiger partial charge is 0.135 e. The highest BCUT2D eigenvalue weighted by molar-refractivity contribution is 5.75. The molecule has 0 saturated heterocycles. The van der Waals surface area contributed by atoms with E-state index in [-0.39, 0.29) is 0 Å². The van der Waals surface area contributed by atoms with Crippen LogP contribution < -0.4 is 5.32 Å². The first kappa shape index (κ1) is 23.8. The molecule has 2 aromatic rings. The minimum absolute atomic E-state index is 0.389. The topological polar surface area (TPSA) is 50.7 Å². The van der Waals surface area contributed by atoms with Crippen LogP contribution in [0.25, 0.3) is 16.8 Å². The molecule has 1 unspecified atom stereocenters. The molecule has 0 amide bonds. The van der Waals surface area contributed by atoms with Crippen LogP contribution in [0.3, 0.4) is 0 Å². The fraction of sp³-hybridized carbons (Fsp3) is 0.542. The number of aromatic nitrogens is 3. The number of rotatable bonds is 6. The van der Waals surface area contributed by atoms with Crippen molar-refractivity contribution < 1.29 is 0 Å². The molecule has 0 bridgehead atoms. The van der Waals surface area contributed by atoms with Crippen molar-refractivity contribution in [1.29, 1.82) is 0 Å². The Hall–Kier alpha value is -2.23. The summed E-state index contributed by atoms with van der Waals surface area (Å²) in [6, 6.07) is 4.19.